The van der Waals surface area contributed by atoms with Crippen LogP contribution >= 0.6 is 0 Å². The van der Waals surface area contributed by atoms with Gasteiger partial charge in [-0.1, -0.05) is 18.2 Å². The fourth-order valence-corrected chi connectivity index (χ4v) is 2.34. The van der Waals surface area contributed by atoms with E-state index in [0.29, 0.717) is 18.1 Å². The first kappa shape index (κ1) is 13.4. The van der Waals surface area contributed by atoms with Crippen molar-refractivity contribution in [2.45, 2.75) is 6.42 Å². The molecule has 0 amide bonds. The second kappa shape index (κ2) is 5.88. The molecule has 0 fully saturated rings. The molecule has 4 aromatic rings. The van der Waals surface area contributed by atoms with Crippen LogP contribution in [0.15, 0.2) is 53.7 Å². The number of aromatic nitrogens is 5. The Morgan fingerprint density at radius 3 is 2.91 bits per heavy atom. The molecule has 1 aromatic carbocycles. The fraction of sp³-hybridized carbons (Fsp3) is 0.125. The third kappa shape index (κ3) is 2.76. The summed E-state index contributed by atoms with van der Waals surface area (Å²) in [6.45, 7) is 0.686. The summed E-state index contributed by atoms with van der Waals surface area (Å²) in [5, 5.41) is 3.27. The molecule has 3 heterocycles. The molecule has 0 aliphatic carbocycles. The third-order valence-corrected chi connectivity index (χ3v) is 3.47. The zero-order valence-corrected chi connectivity index (χ0v) is 12.2. The van der Waals surface area contributed by atoms with Gasteiger partial charge in [-0.3, -0.25) is 0 Å². The molecule has 0 spiro atoms. The molecular weight excluding hydrogens is 292 g/mol. The van der Waals surface area contributed by atoms with Gasteiger partial charge in [0.15, 0.2) is 11.5 Å². The molecule has 0 radical (unpaired) electrons. The minimum atomic E-state index is 0.638. The Balaban J connectivity index is 1.42. The van der Waals surface area contributed by atoms with E-state index in [9.17, 15) is 0 Å². The van der Waals surface area contributed by atoms with Crippen LogP contribution in [0.25, 0.3) is 22.6 Å². The summed E-state index contributed by atoms with van der Waals surface area (Å²) in [6.07, 6.45) is 5.52. The molecule has 2 N–H and O–H groups in total. The highest BCUT2D eigenvalue weighted by Crippen LogP contribution is 2.18. The maximum absolute atomic E-state index is 5.53. The van der Waals surface area contributed by atoms with E-state index in [1.54, 1.807) is 12.6 Å². The van der Waals surface area contributed by atoms with E-state index in [4.69, 9.17) is 4.42 Å². The first-order valence-corrected chi connectivity index (χ1v) is 7.28. The zero-order chi connectivity index (χ0) is 15.5. The molecule has 7 nitrogen and oxygen atoms in total. The van der Waals surface area contributed by atoms with Crippen LogP contribution in [0, 0.1) is 0 Å². The van der Waals surface area contributed by atoms with E-state index >= 15 is 0 Å². The molecular formula is C16H14N6O. The van der Waals surface area contributed by atoms with Crippen molar-refractivity contribution >= 4 is 17.0 Å². The number of fused-ring (bicyclic) bond motifs is 1. The van der Waals surface area contributed by atoms with Crippen molar-refractivity contribution in [2.24, 2.45) is 0 Å². The third-order valence-electron chi connectivity index (χ3n) is 3.47. The van der Waals surface area contributed by atoms with Gasteiger partial charge in [-0.15, -0.1) is 0 Å². The summed E-state index contributed by atoms with van der Waals surface area (Å²) in [6, 6.07) is 9.85. The summed E-state index contributed by atoms with van der Waals surface area (Å²) in [5.41, 5.74) is 3.32. The van der Waals surface area contributed by atoms with E-state index in [0.717, 1.165) is 29.0 Å². The van der Waals surface area contributed by atoms with Gasteiger partial charge in [0.1, 0.15) is 18.1 Å². The predicted molar refractivity (Wildman–Crippen MR) is 85.8 cm³/mol. The number of aromatic amines is 1. The van der Waals surface area contributed by atoms with Crippen LogP contribution in [0.1, 0.15) is 5.69 Å². The summed E-state index contributed by atoms with van der Waals surface area (Å²) < 4.78 is 5.53. The molecule has 0 saturated carbocycles. The standard InChI is InChI=1S/C16H14N6O/c1-2-4-11(5-3-1)16-22-12(8-23-16)6-7-17-14-13-15(19-9-18-13)21-10-20-14/h1-5,8-10H,6-7H2,(H2,17,18,19,20,21). The number of benzene rings is 1. The highest BCUT2D eigenvalue weighted by Gasteiger charge is 2.08. The maximum Gasteiger partial charge on any atom is 0.226 e. The maximum atomic E-state index is 5.53. The topological polar surface area (TPSA) is 92.5 Å². The lowest BCUT2D eigenvalue weighted by atomic mass is 10.2. The Kier molecular flexibility index (Phi) is 3.44. The Bertz CT molecular complexity index is 914. The van der Waals surface area contributed by atoms with Crippen LogP contribution in [0.3, 0.4) is 0 Å². The molecule has 23 heavy (non-hydrogen) atoms. The van der Waals surface area contributed by atoms with Crippen molar-refractivity contribution in [3.05, 3.63) is 54.9 Å². The number of anilines is 1. The highest BCUT2D eigenvalue weighted by molar-refractivity contribution is 5.81. The van der Waals surface area contributed by atoms with Crippen LogP contribution in [-0.4, -0.2) is 31.5 Å². The molecule has 0 atom stereocenters. The van der Waals surface area contributed by atoms with Gasteiger partial charge in [0.2, 0.25) is 5.89 Å². The number of imidazole rings is 1. The van der Waals surface area contributed by atoms with E-state index < -0.39 is 0 Å². The number of nitrogens with one attached hydrogen (secondary N) is 2. The molecule has 3 aromatic heterocycles. The number of H-pyrrole nitrogens is 1. The Labute approximate surface area is 131 Å². The molecule has 0 unspecified atom stereocenters. The number of hydrogen-bond donors (Lipinski definition) is 2. The number of rotatable bonds is 5. The van der Waals surface area contributed by atoms with E-state index in [-0.39, 0.29) is 0 Å². The average molecular weight is 306 g/mol. The van der Waals surface area contributed by atoms with Crippen molar-refractivity contribution in [3.8, 4) is 11.5 Å². The van der Waals surface area contributed by atoms with Crippen LogP contribution in [0.4, 0.5) is 5.82 Å². The fourth-order valence-electron chi connectivity index (χ4n) is 2.34. The summed E-state index contributed by atoms with van der Waals surface area (Å²) in [5.74, 6) is 1.37. The van der Waals surface area contributed by atoms with Crippen LogP contribution < -0.4 is 5.32 Å². The molecule has 0 aliphatic rings. The first-order chi connectivity index (χ1) is 11.4. The van der Waals surface area contributed by atoms with Gasteiger partial charge in [-0.25, -0.2) is 19.9 Å². The van der Waals surface area contributed by atoms with Crippen molar-refractivity contribution in [2.75, 3.05) is 11.9 Å². The lowest BCUT2D eigenvalue weighted by Gasteiger charge is -2.03. The van der Waals surface area contributed by atoms with E-state index in [1.165, 1.54) is 6.33 Å². The Morgan fingerprint density at radius 2 is 2.00 bits per heavy atom. The molecule has 4 rings (SSSR count). The van der Waals surface area contributed by atoms with Gasteiger partial charge >= 0.3 is 0 Å². The van der Waals surface area contributed by atoms with Gasteiger partial charge in [0.25, 0.3) is 0 Å². The van der Waals surface area contributed by atoms with Crippen LogP contribution in [-0.2, 0) is 6.42 Å². The van der Waals surface area contributed by atoms with Crippen LogP contribution in [0.2, 0.25) is 0 Å². The summed E-state index contributed by atoms with van der Waals surface area (Å²) >= 11 is 0. The quantitative estimate of drug-likeness (QED) is 0.589. The van der Waals surface area contributed by atoms with Crippen LogP contribution in [0.5, 0.6) is 0 Å². The molecule has 0 bridgehead atoms. The van der Waals surface area contributed by atoms with Gasteiger partial charge in [-0.05, 0) is 12.1 Å². The SMILES string of the molecule is c1ccc(-c2nc(CCNc3ncnc4nc[nH]c34)co2)cc1. The highest BCUT2D eigenvalue weighted by atomic mass is 16.3. The largest absolute Gasteiger partial charge is 0.444 e. The monoisotopic (exact) mass is 306 g/mol. The predicted octanol–water partition coefficient (Wildman–Crippen LogP) is 2.66. The normalized spacial score (nSPS) is 11.0. The lowest BCUT2D eigenvalue weighted by molar-refractivity contribution is 0.572. The van der Waals surface area contributed by atoms with Gasteiger partial charge in [0.05, 0.1) is 12.0 Å². The molecule has 0 saturated heterocycles. The summed E-state index contributed by atoms with van der Waals surface area (Å²) in [7, 11) is 0. The van der Waals surface area contributed by atoms with E-state index in [1.807, 2.05) is 30.3 Å². The van der Waals surface area contributed by atoms with Crippen molar-refractivity contribution in [3.63, 3.8) is 0 Å². The van der Waals surface area contributed by atoms with Gasteiger partial charge in [0, 0.05) is 18.5 Å². The zero-order valence-electron chi connectivity index (χ0n) is 12.2. The Hall–Kier alpha value is -3.22. The minimum absolute atomic E-state index is 0.638. The number of nitrogens with zero attached hydrogens (tertiary/aromatic N) is 4. The average Bonchev–Trinajstić information content (AvgIpc) is 3.25. The second-order valence-corrected chi connectivity index (χ2v) is 5.01. The van der Waals surface area contributed by atoms with Gasteiger partial charge in [-0.2, -0.15) is 0 Å². The number of oxazole rings is 1. The molecule has 114 valence electrons. The second-order valence-electron chi connectivity index (χ2n) is 5.01. The van der Waals surface area contributed by atoms with Gasteiger partial charge < -0.3 is 14.7 Å². The van der Waals surface area contributed by atoms with E-state index in [2.05, 4.69) is 30.2 Å². The minimum Gasteiger partial charge on any atom is -0.444 e. The van der Waals surface area contributed by atoms with Crippen molar-refractivity contribution < 1.29 is 4.42 Å². The van der Waals surface area contributed by atoms with Crippen molar-refractivity contribution in [1.29, 1.82) is 0 Å². The lowest BCUT2D eigenvalue weighted by Crippen LogP contribution is -2.07. The van der Waals surface area contributed by atoms with Crippen molar-refractivity contribution in [1.82, 2.24) is 24.9 Å². The first-order valence-electron chi connectivity index (χ1n) is 7.28. The smallest absolute Gasteiger partial charge is 0.226 e. The molecule has 7 heteroatoms. The Morgan fingerprint density at radius 1 is 1.09 bits per heavy atom. The molecule has 0 aliphatic heterocycles. The summed E-state index contributed by atoms with van der Waals surface area (Å²) in [4.78, 5) is 20.0. The number of hydrogen-bond acceptors (Lipinski definition) is 6.